The van der Waals surface area contributed by atoms with Crippen molar-refractivity contribution in [1.82, 2.24) is 19.7 Å². The number of aromatic nitrogens is 4. The second kappa shape index (κ2) is 7.01. The Morgan fingerprint density at radius 2 is 2.07 bits per heavy atom. The van der Waals surface area contributed by atoms with Gasteiger partial charge in [0.2, 0.25) is 5.95 Å². The van der Waals surface area contributed by atoms with Gasteiger partial charge >= 0.3 is 5.97 Å². The van der Waals surface area contributed by atoms with Crippen LogP contribution in [0.15, 0.2) is 24.4 Å². The number of fused-ring (bicyclic) bond motifs is 3. The molecule has 1 aliphatic carbocycles. The summed E-state index contributed by atoms with van der Waals surface area (Å²) in [6.07, 6.45) is 3.16. The van der Waals surface area contributed by atoms with E-state index in [-0.39, 0.29) is 5.69 Å². The van der Waals surface area contributed by atoms with E-state index in [2.05, 4.69) is 20.4 Å². The Bertz CT molecular complexity index is 1150. The van der Waals surface area contributed by atoms with Crippen LogP contribution < -0.4 is 11.1 Å². The third-order valence-corrected chi connectivity index (χ3v) is 5.01. The maximum atomic E-state index is 11.7. The summed E-state index contributed by atoms with van der Waals surface area (Å²) in [7, 11) is 3.12. The standard InChI is InChI=1S/C20H20N6O3/c1-10-8-11(19(28)29-3)5-7-14(10)23-20-22-9-12-4-6-13-16(18(21)27)25-26(2)17(13)15(12)24-20/h5,7-9H,4,6H2,1-3H3,(H2,21,27)(H,22,23,24). The van der Waals surface area contributed by atoms with Crippen molar-refractivity contribution in [2.45, 2.75) is 19.8 Å². The number of rotatable bonds is 4. The van der Waals surface area contributed by atoms with Crippen LogP contribution in [0.3, 0.4) is 0 Å². The number of esters is 1. The van der Waals surface area contributed by atoms with Crippen LogP contribution in [0.2, 0.25) is 0 Å². The lowest BCUT2D eigenvalue weighted by Crippen LogP contribution is -2.16. The minimum atomic E-state index is -0.543. The van der Waals surface area contributed by atoms with Gasteiger partial charge in [-0.1, -0.05) is 0 Å². The smallest absolute Gasteiger partial charge is 0.337 e. The number of benzene rings is 1. The van der Waals surface area contributed by atoms with Gasteiger partial charge in [0.25, 0.3) is 5.91 Å². The van der Waals surface area contributed by atoms with Gasteiger partial charge in [0.15, 0.2) is 5.69 Å². The lowest BCUT2D eigenvalue weighted by Gasteiger charge is -2.17. The van der Waals surface area contributed by atoms with Crippen LogP contribution >= 0.6 is 0 Å². The van der Waals surface area contributed by atoms with Crippen molar-refractivity contribution in [3.63, 3.8) is 0 Å². The molecule has 0 spiro atoms. The van der Waals surface area contributed by atoms with Gasteiger partial charge in [-0.2, -0.15) is 5.10 Å². The summed E-state index contributed by atoms with van der Waals surface area (Å²) in [4.78, 5) is 32.5. The number of aryl methyl sites for hydroxylation is 3. The molecule has 9 heteroatoms. The highest BCUT2D eigenvalue weighted by Gasteiger charge is 2.28. The van der Waals surface area contributed by atoms with Crippen molar-refractivity contribution in [3.05, 3.63) is 52.3 Å². The topological polar surface area (TPSA) is 125 Å². The van der Waals surface area contributed by atoms with Gasteiger partial charge in [0, 0.05) is 24.5 Å². The predicted octanol–water partition coefficient (Wildman–Crippen LogP) is 1.91. The lowest BCUT2D eigenvalue weighted by atomic mass is 9.93. The fraction of sp³-hybridized carbons (Fsp3) is 0.250. The maximum Gasteiger partial charge on any atom is 0.337 e. The van der Waals surface area contributed by atoms with Crippen molar-refractivity contribution in [3.8, 4) is 11.4 Å². The van der Waals surface area contributed by atoms with E-state index in [1.54, 1.807) is 36.1 Å². The molecule has 2 aromatic heterocycles. The molecule has 29 heavy (non-hydrogen) atoms. The second-order valence-electron chi connectivity index (χ2n) is 6.88. The Morgan fingerprint density at radius 3 is 2.76 bits per heavy atom. The van der Waals surface area contributed by atoms with Crippen molar-refractivity contribution < 1.29 is 14.3 Å². The molecule has 0 aliphatic heterocycles. The Labute approximate surface area is 166 Å². The van der Waals surface area contributed by atoms with Gasteiger partial charge in [-0.05, 0) is 49.1 Å². The molecule has 0 saturated heterocycles. The third kappa shape index (κ3) is 3.20. The Hall–Kier alpha value is -3.75. The summed E-state index contributed by atoms with van der Waals surface area (Å²) < 4.78 is 6.39. The predicted molar refractivity (Wildman–Crippen MR) is 106 cm³/mol. The average Bonchev–Trinajstić information content (AvgIpc) is 3.06. The monoisotopic (exact) mass is 392 g/mol. The molecule has 2 heterocycles. The molecule has 0 saturated carbocycles. The molecule has 0 bridgehead atoms. The summed E-state index contributed by atoms with van der Waals surface area (Å²) in [5.41, 5.74) is 11.2. The fourth-order valence-corrected chi connectivity index (χ4v) is 3.58. The first-order chi connectivity index (χ1) is 13.9. The van der Waals surface area contributed by atoms with E-state index in [1.807, 2.05) is 6.92 Å². The summed E-state index contributed by atoms with van der Waals surface area (Å²) in [6, 6.07) is 5.20. The number of methoxy groups -OCH3 is 1. The van der Waals surface area contributed by atoms with E-state index in [1.165, 1.54) is 7.11 Å². The highest BCUT2D eigenvalue weighted by atomic mass is 16.5. The van der Waals surface area contributed by atoms with Gasteiger partial charge < -0.3 is 15.8 Å². The molecule has 9 nitrogen and oxygen atoms in total. The molecule has 1 aliphatic rings. The minimum Gasteiger partial charge on any atom is -0.465 e. The molecule has 148 valence electrons. The molecule has 0 fully saturated rings. The number of anilines is 2. The highest BCUT2D eigenvalue weighted by molar-refractivity contribution is 5.94. The van der Waals surface area contributed by atoms with Crippen LogP contribution in [0.5, 0.6) is 0 Å². The van der Waals surface area contributed by atoms with E-state index in [0.717, 1.165) is 33.8 Å². The van der Waals surface area contributed by atoms with Crippen LogP contribution in [0.25, 0.3) is 11.4 Å². The Morgan fingerprint density at radius 1 is 1.28 bits per heavy atom. The summed E-state index contributed by atoms with van der Waals surface area (Å²) in [5, 5.41) is 7.46. The quantitative estimate of drug-likeness (QED) is 0.650. The van der Waals surface area contributed by atoms with E-state index in [4.69, 9.17) is 10.5 Å². The van der Waals surface area contributed by atoms with Crippen molar-refractivity contribution in [2.75, 3.05) is 12.4 Å². The van der Waals surface area contributed by atoms with E-state index in [0.29, 0.717) is 24.4 Å². The first-order valence-electron chi connectivity index (χ1n) is 9.07. The van der Waals surface area contributed by atoms with Crippen LogP contribution in [0.1, 0.15) is 37.5 Å². The van der Waals surface area contributed by atoms with Gasteiger partial charge in [-0.15, -0.1) is 0 Å². The number of nitrogens with two attached hydrogens (primary N) is 1. The maximum absolute atomic E-state index is 11.7. The number of amides is 1. The van der Waals surface area contributed by atoms with E-state index in [9.17, 15) is 9.59 Å². The Kier molecular flexibility index (Phi) is 4.50. The van der Waals surface area contributed by atoms with Crippen LogP contribution in [-0.2, 0) is 24.6 Å². The molecular formula is C20H20N6O3. The van der Waals surface area contributed by atoms with Crippen molar-refractivity contribution in [1.29, 1.82) is 0 Å². The number of hydrogen-bond donors (Lipinski definition) is 2. The van der Waals surface area contributed by atoms with Gasteiger partial charge in [0.1, 0.15) is 0 Å². The highest BCUT2D eigenvalue weighted by Crippen LogP contribution is 2.34. The van der Waals surface area contributed by atoms with Crippen molar-refractivity contribution >= 4 is 23.5 Å². The number of carbonyl (C=O) groups is 2. The number of ether oxygens (including phenoxy) is 1. The third-order valence-electron chi connectivity index (χ3n) is 5.01. The molecule has 3 N–H and O–H groups in total. The molecule has 1 aromatic carbocycles. The zero-order valence-corrected chi connectivity index (χ0v) is 16.3. The number of hydrogen-bond acceptors (Lipinski definition) is 7. The van der Waals surface area contributed by atoms with Crippen LogP contribution in [0.4, 0.5) is 11.6 Å². The fourth-order valence-electron chi connectivity index (χ4n) is 3.58. The largest absolute Gasteiger partial charge is 0.465 e. The first-order valence-corrected chi connectivity index (χ1v) is 9.07. The average molecular weight is 392 g/mol. The van der Waals surface area contributed by atoms with E-state index >= 15 is 0 Å². The van der Waals surface area contributed by atoms with Crippen molar-refractivity contribution in [2.24, 2.45) is 12.8 Å². The molecular weight excluding hydrogens is 372 g/mol. The normalized spacial score (nSPS) is 12.1. The summed E-state index contributed by atoms with van der Waals surface area (Å²) >= 11 is 0. The molecule has 1 amide bonds. The van der Waals surface area contributed by atoms with Gasteiger partial charge in [-0.25, -0.2) is 14.8 Å². The number of nitrogens with one attached hydrogen (secondary N) is 1. The molecule has 0 radical (unpaired) electrons. The molecule has 0 atom stereocenters. The summed E-state index contributed by atoms with van der Waals surface area (Å²) in [5.74, 6) is -0.523. The molecule has 0 unspecified atom stereocenters. The zero-order valence-electron chi connectivity index (χ0n) is 16.3. The summed E-state index contributed by atoms with van der Waals surface area (Å²) in [6.45, 7) is 1.88. The number of nitrogens with zero attached hydrogens (tertiary/aromatic N) is 4. The molecule has 4 rings (SSSR count). The second-order valence-corrected chi connectivity index (χ2v) is 6.88. The minimum absolute atomic E-state index is 0.288. The Balaban J connectivity index is 1.70. The molecule has 3 aromatic rings. The van der Waals surface area contributed by atoms with Gasteiger partial charge in [0.05, 0.1) is 24.1 Å². The number of carbonyl (C=O) groups excluding carboxylic acids is 2. The first kappa shape index (κ1) is 18.6. The SMILES string of the molecule is COC(=O)c1ccc(Nc2ncc3c(n2)-c2c(c(C(N)=O)nn2C)CC3)c(C)c1. The van der Waals surface area contributed by atoms with E-state index < -0.39 is 11.9 Å². The van der Waals surface area contributed by atoms with Crippen LogP contribution in [-0.4, -0.2) is 38.7 Å². The zero-order chi connectivity index (χ0) is 20.7. The lowest BCUT2D eigenvalue weighted by molar-refractivity contribution is 0.0600. The van der Waals surface area contributed by atoms with Gasteiger partial charge in [-0.3, -0.25) is 9.48 Å². The number of primary amides is 1. The van der Waals surface area contributed by atoms with Crippen LogP contribution in [0, 0.1) is 6.92 Å².